The summed E-state index contributed by atoms with van der Waals surface area (Å²) < 4.78 is 0. The second-order valence-electron chi connectivity index (χ2n) is 9.49. The van der Waals surface area contributed by atoms with Crippen LogP contribution in [0.25, 0.3) is 0 Å². The molecule has 28 heavy (non-hydrogen) atoms. The Morgan fingerprint density at radius 2 is 1.07 bits per heavy atom. The van der Waals surface area contributed by atoms with Crippen molar-refractivity contribution in [3.05, 3.63) is 0 Å². The number of rotatable bonds is 0. The van der Waals surface area contributed by atoms with E-state index in [2.05, 4.69) is 20.8 Å². The molecular weight excluding hydrogens is 336 g/mol. The van der Waals surface area contributed by atoms with Crippen molar-refractivity contribution in [3.63, 3.8) is 0 Å². The van der Waals surface area contributed by atoms with E-state index < -0.39 is 0 Å². The van der Waals surface area contributed by atoms with Crippen LogP contribution < -0.4 is 0 Å². The van der Waals surface area contributed by atoms with Crippen molar-refractivity contribution in [2.24, 2.45) is 46.8 Å². The molecule has 4 saturated carbocycles. The van der Waals surface area contributed by atoms with E-state index in [4.69, 9.17) is 0 Å². The molecule has 0 amide bonds. The van der Waals surface area contributed by atoms with Crippen molar-refractivity contribution in [1.29, 1.82) is 0 Å². The van der Waals surface area contributed by atoms with E-state index in [-0.39, 0.29) is 0 Å². The lowest BCUT2D eigenvalue weighted by Gasteiger charge is -2.47. The third-order valence-corrected chi connectivity index (χ3v) is 8.58. The quantitative estimate of drug-likeness (QED) is 0.383. The van der Waals surface area contributed by atoms with Gasteiger partial charge < -0.3 is 0 Å². The Morgan fingerprint density at radius 1 is 0.536 bits per heavy atom. The minimum atomic E-state index is 0.612. The van der Waals surface area contributed by atoms with Gasteiger partial charge in [-0.3, -0.25) is 0 Å². The van der Waals surface area contributed by atoms with Crippen molar-refractivity contribution in [2.75, 3.05) is 0 Å². The highest BCUT2D eigenvalue weighted by Gasteiger charge is 2.54. The summed E-state index contributed by atoms with van der Waals surface area (Å²) in [5.41, 5.74) is 0.612. The van der Waals surface area contributed by atoms with Crippen LogP contribution in [0.1, 0.15) is 134 Å². The lowest BCUT2D eigenvalue weighted by Crippen LogP contribution is -2.38. The third kappa shape index (κ3) is 6.01. The number of hydrogen-bond donors (Lipinski definition) is 0. The Kier molecular flexibility index (Phi) is 14.1. The van der Waals surface area contributed by atoms with Gasteiger partial charge in [0.1, 0.15) is 0 Å². The van der Waals surface area contributed by atoms with E-state index in [1.807, 2.05) is 55.4 Å². The van der Waals surface area contributed by atoms with Crippen molar-refractivity contribution in [2.45, 2.75) is 134 Å². The van der Waals surface area contributed by atoms with E-state index in [9.17, 15) is 0 Å². The molecule has 4 fully saturated rings. The molecule has 4 aliphatic carbocycles. The lowest BCUT2D eigenvalue weighted by molar-refractivity contribution is 0.0284. The van der Waals surface area contributed by atoms with E-state index in [1.165, 1.54) is 12.8 Å². The van der Waals surface area contributed by atoms with Gasteiger partial charge in [0.05, 0.1) is 0 Å². The van der Waals surface area contributed by atoms with Crippen LogP contribution in [0.4, 0.5) is 0 Å². The summed E-state index contributed by atoms with van der Waals surface area (Å²) in [6.45, 7) is 23.7. The fourth-order valence-corrected chi connectivity index (χ4v) is 7.13. The van der Waals surface area contributed by atoms with E-state index in [0.29, 0.717) is 5.41 Å². The summed E-state index contributed by atoms with van der Waals surface area (Å²) in [7, 11) is 0. The predicted octanol–water partition coefficient (Wildman–Crippen LogP) is 10.0. The summed E-state index contributed by atoms with van der Waals surface area (Å²) in [4.78, 5) is 0. The van der Waals surface area contributed by atoms with Crippen molar-refractivity contribution < 1.29 is 0 Å². The first-order valence-corrected chi connectivity index (χ1v) is 13.6. The second kappa shape index (κ2) is 14.1. The molecule has 0 heterocycles. The predicted molar refractivity (Wildman–Crippen MR) is 131 cm³/mol. The summed E-state index contributed by atoms with van der Waals surface area (Å²) in [6.07, 6.45) is 14.1. The molecule has 0 radical (unpaired) electrons. The van der Waals surface area contributed by atoms with Gasteiger partial charge in [-0.05, 0) is 85.4 Å². The maximum absolute atomic E-state index is 2.59. The molecule has 7 atom stereocenters. The smallest absolute Gasteiger partial charge is 0.0326 e. The van der Waals surface area contributed by atoms with Gasteiger partial charge in [0.15, 0.2) is 0 Å². The highest BCUT2D eigenvalue weighted by atomic mass is 14.6. The first-order valence-electron chi connectivity index (χ1n) is 13.6. The van der Waals surface area contributed by atoms with Crippen molar-refractivity contribution >= 4 is 0 Å². The van der Waals surface area contributed by atoms with Crippen LogP contribution in [0, 0.1) is 46.8 Å². The van der Waals surface area contributed by atoms with Gasteiger partial charge in [-0.15, -0.1) is 0 Å². The molecule has 0 bridgehead atoms. The lowest BCUT2D eigenvalue weighted by atomic mass is 9.59. The van der Waals surface area contributed by atoms with Crippen LogP contribution in [0.15, 0.2) is 0 Å². The molecule has 4 aliphatic rings. The molecule has 0 aromatic rings. The maximum Gasteiger partial charge on any atom is -0.0326 e. The molecule has 0 aromatic heterocycles. The Balaban J connectivity index is 0.000000818. The van der Waals surface area contributed by atoms with Crippen LogP contribution >= 0.6 is 0 Å². The maximum atomic E-state index is 2.59. The van der Waals surface area contributed by atoms with Crippen LogP contribution in [0.3, 0.4) is 0 Å². The van der Waals surface area contributed by atoms with Crippen LogP contribution in [0.2, 0.25) is 0 Å². The van der Waals surface area contributed by atoms with E-state index in [0.717, 1.165) is 41.4 Å². The third-order valence-electron chi connectivity index (χ3n) is 8.58. The Labute approximate surface area is 181 Å². The normalized spacial score (nSPS) is 39.3. The molecule has 0 heteroatoms. The molecule has 170 valence electrons. The molecule has 0 saturated heterocycles. The topological polar surface area (TPSA) is 0 Å². The minimum absolute atomic E-state index is 0.612. The average Bonchev–Trinajstić information content (AvgIpc) is 3.16. The number of fused-ring (bicyclic) bond motifs is 5. The Morgan fingerprint density at radius 3 is 1.68 bits per heavy atom. The summed E-state index contributed by atoms with van der Waals surface area (Å²) in [5.74, 6) is 7.71. The highest BCUT2D eigenvalue weighted by molar-refractivity contribution is 5.04. The van der Waals surface area contributed by atoms with E-state index >= 15 is 0 Å². The first kappa shape index (κ1) is 28.0. The molecule has 6 unspecified atom stereocenters. The SMILES string of the molecule is CC.CC.CC.CC.C[C@@H]1C2CC3C4CCCCC4CCC3C2CCC1(C)C. The summed E-state index contributed by atoms with van der Waals surface area (Å²) in [6, 6.07) is 0. The minimum Gasteiger partial charge on any atom is -0.0683 e. The Hall–Kier alpha value is 0. The number of hydrogen-bond acceptors (Lipinski definition) is 0. The van der Waals surface area contributed by atoms with Gasteiger partial charge in [0, 0.05) is 0 Å². The summed E-state index contributed by atoms with van der Waals surface area (Å²) >= 11 is 0. The van der Waals surface area contributed by atoms with Gasteiger partial charge in [-0.2, -0.15) is 0 Å². The largest absolute Gasteiger partial charge is 0.0683 e. The fourth-order valence-electron chi connectivity index (χ4n) is 7.13. The molecule has 0 N–H and O–H groups in total. The molecular formula is C28H58. The zero-order chi connectivity index (χ0) is 21.9. The fraction of sp³-hybridized carbons (Fsp3) is 1.00. The molecule has 4 rings (SSSR count). The molecule has 0 aromatic carbocycles. The summed E-state index contributed by atoms with van der Waals surface area (Å²) in [5, 5.41) is 0. The Bertz CT molecular complexity index is 368. The van der Waals surface area contributed by atoms with Gasteiger partial charge in [-0.25, -0.2) is 0 Å². The second-order valence-corrected chi connectivity index (χ2v) is 9.49. The molecule has 0 spiro atoms. The van der Waals surface area contributed by atoms with Gasteiger partial charge in [0.2, 0.25) is 0 Å². The van der Waals surface area contributed by atoms with Crippen LogP contribution in [-0.2, 0) is 0 Å². The zero-order valence-electron chi connectivity index (χ0n) is 21.9. The zero-order valence-corrected chi connectivity index (χ0v) is 21.9. The first-order chi connectivity index (χ1) is 13.6. The molecule has 0 nitrogen and oxygen atoms in total. The highest BCUT2D eigenvalue weighted by Crippen LogP contribution is 2.63. The van der Waals surface area contributed by atoms with E-state index in [1.54, 1.807) is 44.9 Å². The van der Waals surface area contributed by atoms with Gasteiger partial charge in [0.25, 0.3) is 0 Å². The van der Waals surface area contributed by atoms with Crippen LogP contribution in [0.5, 0.6) is 0 Å². The molecule has 0 aliphatic heterocycles. The van der Waals surface area contributed by atoms with Crippen molar-refractivity contribution in [1.82, 2.24) is 0 Å². The van der Waals surface area contributed by atoms with Gasteiger partial charge >= 0.3 is 0 Å². The monoisotopic (exact) mass is 394 g/mol. The van der Waals surface area contributed by atoms with Crippen LogP contribution in [-0.4, -0.2) is 0 Å². The van der Waals surface area contributed by atoms with Crippen molar-refractivity contribution in [3.8, 4) is 0 Å². The van der Waals surface area contributed by atoms with Gasteiger partial charge in [-0.1, -0.05) is 95.4 Å². The average molecular weight is 395 g/mol. The standard InChI is InChI=1S/C20H34.4C2H6/c1-13-18-12-19-15-7-5-4-6-14(15)8-9-16(19)17(18)10-11-20(13,2)3;4*1-2/h13-19H,4-12H2,1-3H3;4*1-2H3/t13-,14?,15?,16?,17?,18?,19?;;;;/m1..../s1.